The first-order valence-electron chi connectivity index (χ1n) is 6.68. The van der Waals surface area contributed by atoms with Gasteiger partial charge in [-0.05, 0) is 48.4 Å². The first-order chi connectivity index (χ1) is 10.1. The van der Waals surface area contributed by atoms with Crippen LogP contribution in [0.15, 0.2) is 57.7 Å². The lowest BCUT2D eigenvalue weighted by Crippen LogP contribution is -2.05. The quantitative estimate of drug-likeness (QED) is 0.570. The molecule has 0 aliphatic heterocycles. The maximum Gasteiger partial charge on any atom is 0.336 e. The van der Waals surface area contributed by atoms with Crippen LogP contribution in [0.3, 0.4) is 0 Å². The summed E-state index contributed by atoms with van der Waals surface area (Å²) in [6.07, 6.45) is 0. The minimum Gasteiger partial charge on any atom is -0.508 e. The summed E-state index contributed by atoms with van der Waals surface area (Å²) >= 11 is 0. The van der Waals surface area contributed by atoms with Gasteiger partial charge < -0.3 is 14.8 Å². The Kier molecular flexibility index (Phi) is 3.36. The molecule has 0 saturated carbocycles. The van der Waals surface area contributed by atoms with E-state index in [1.165, 1.54) is 6.07 Å². The van der Waals surface area contributed by atoms with Crippen molar-refractivity contribution in [3.8, 4) is 5.75 Å². The summed E-state index contributed by atoms with van der Waals surface area (Å²) < 4.78 is 5.23. The number of rotatable bonds is 3. The Labute approximate surface area is 121 Å². The van der Waals surface area contributed by atoms with E-state index in [0.717, 1.165) is 22.2 Å². The Morgan fingerprint density at radius 3 is 2.62 bits per heavy atom. The number of aryl methyl sites for hydroxylation is 1. The number of benzene rings is 2. The first kappa shape index (κ1) is 13.2. The van der Waals surface area contributed by atoms with Gasteiger partial charge in [-0.1, -0.05) is 12.1 Å². The van der Waals surface area contributed by atoms with E-state index in [9.17, 15) is 9.90 Å². The maximum absolute atomic E-state index is 11.6. The van der Waals surface area contributed by atoms with Crippen LogP contribution >= 0.6 is 0 Å². The monoisotopic (exact) mass is 281 g/mol. The molecule has 3 rings (SSSR count). The lowest BCUT2D eigenvalue weighted by atomic mass is 10.1. The predicted octanol–water partition coefficient (Wildman–Crippen LogP) is 3.42. The number of hydrogen-bond acceptors (Lipinski definition) is 4. The van der Waals surface area contributed by atoms with Crippen molar-refractivity contribution in [1.82, 2.24) is 0 Å². The van der Waals surface area contributed by atoms with E-state index in [2.05, 4.69) is 5.32 Å². The summed E-state index contributed by atoms with van der Waals surface area (Å²) in [6.45, 7) is 2.47. The molecule has 0 atom stereocenters. The van der Waals surface area contributed by atoms with E-state index in [1.54, 1.807) is 24.3 Å². The largest absolute Gasteiger partial charge is 0.508 e. The van der Waals surface area contributed by atoms with E-state index < -0.39 is 0 Å². The molecule has 4 heteroatoms. The van der Waals surface area contributed by atoms with E-state index in [1.807, 2.05) is 25.1 Å². The lowest BCUT2D eigenvalue weighted by molar-refractivity contribution is 0.475. The van der Waals surface area contributed by atoms with E-state index in [4.69, 9.17) is 4.42 Å². The average molecular weight is 281 g/mol. The van der Waals surface area contributed by atoms with Gasteiger partial charge in [0.05, 0.1) is 0 Å². The Bertz CT molecular complexity index is 835. The van der Waals surface area contributed by atoms with Crippen molar-refractivity contribution in [2.45, 2.75) is 13.5 Å². The van der Waals surface area contributed by atoms with Gasteiger partial charge in [-0.2, -0.15) is 0 Å². The van der Waals surface area contributed by atoms with Crippen LogP contribution in [0.2, 0.25) is 0 Å². The molecule has 1 aromatic heterocycles. The zero-order chi connectivity index (χ0) is 14.8. The minimum absolute atomic E-state index is 0.224. The van der Waals surface area contributed by atoms with Crippen molar-refractivity contribution in [3.05, 3.63) is 70.1 Å². The minimum atomic E-state index is -0.351. The highest BCUT2D eigenvalue weighted by atomic mass is 16.4. The fraction of sp³-hybridized carbons (Fsp3) is 0.118. The summed E-state index contributed by atoms with van der Waals surface area (Å²) in [5.41, 5.74) is 3.06. The highest BCUT2D eigenvalue weighted by Gasteiger charge is 2.06. The van der Waals surface area contributed by atoms with Crippen LogP contribution in [-0.4, -0.2) is 5.11 Å². The average Bonchev–Trinajstić information content (AvgIpc) is 2.45. The van der Waals surface area contributed by atoms with Gasteiger partial charge in [0.15, 0.2) is 0 Å². The third kappa shape index (κ3) is 2.89. The summed E-state index contributed by atoms with van der Waals surface area (Å²) in [7, 11) is 0. The molecular weight excluding hydrogens is 266 g/mol. The smallest absolute Gasteiger partial charge is 0.336 e. The molecule has 0 amide bonds. The SMILES string of the molecule is Cc1ccc2c(CNc3ccc(O)cc3)cc(=O)oc2c1. The third-order valence-electron chi connectivity index (χ3n) is 3.34. The molecule has 2 aromatic carbocycles. The number of anilines is 1. The van der Waals surface area contributed by atoms with Gasteiger partial charge in [-0.3, -0.25) is 0 Å². The van der Waals surface area contributed by atoms with Gasteiger partial charge in [0.2, 0.25) is 0 Å². The third-order valence-corrected chi connectivity index (χ3v) is 3.34. The molecule has 0 fully saturated rings. The van der Waals surface area contributed by atoms with Crippen molar-refractivity contribution >= 4 is 16.7 Å². The van der Waals surface area contributed by atoms with Crippen molar-refractivity contribution in [3.63, 3.8) is 0 Å². The number of phenols is 1. The topological polar surface area (TPSA) is 62.5 Å². The van der Waals surface area contributed by atoms with Crippen LogP contribution < -0.4 is 10.9 Å². The van der Waals surface area contributed by atoms with E-state index >= 15 is 0 Å². The van der Waals surface area contributed by atoms with Crippen molar-refractivity contribution in [2.24, 2.45) is 0 Å². The highest BCUT2D eigenvalue weighted by molar-refractivity contribution is 5.81. The molecular formula is C17H15NO3. The standard InChI is InChI=1S/C17H15NO3/c1-11-2-7-15-12(9-17(20)21-16(15)8-11)10-18-13-3-5-14(19)6-4-13/h2-9,18-19H,10H2,1H3. The molecule has 106 valence electrons. The van der Waals surface area contributed by atoms with Crippen LogP contribution in [0.25, 0.3) is 11.0 Å². The molecule has 0 aliphatic carbocycles. The number of hydrogen-bond donors (Lipinski definition) is 2. The molecule has 21 heavy (non-hydrogen) atoms. The Morgan fingerprint density at radius 2 is 1.86 bits per heavy atom. The van der Waals surface area contributed by atoms with Crippen LogP contribution in [0.5, 0.6) is 5.75 Å². The van der Waals surface area contributed by atoms with Crippen molar-refractivity contribution in [2.75, 3.05) is 5.32 Å². The first-order valence-corrected chi connectivity index (χ1v) is 6.68. The van der Waals surface area contributed by atoms with Gasteiger partial charge in [-0.25, -0.2) is 4.79 Å². The Morgan fingerprint density at radius 1 is 1.10 bits per heavy atom. The molecule has 0 bridgehead atoms. The van der Waals surface area contributed by atoms with Gasteiger partial charge >= 0.3 is 5.63 Å². The number of nitrogens with one attached hydrogen (secondary N) is 1. The maximum atomic E-state index is 11.6. The van der Waals surface area contributed by atoms with Crippen LogP contribution in [0.1, 0.15) is 11.1 Å². The normalized spacial score (nSPS) is 10.7. The molecule has 2 N–H and O–H groups in total. The van der Waals surface area contributed by atoms with E-state index in [-0.39, 0.29) is 11.4 Å². The van der Waals surface area contributed by atoms with Crippen molar-refractivity contribution < 1.29 is 9.52 Å². The van der Waals surface area contributed by atoms with Gasteiger partial charge in [-0.15, -0.1) is 0 Å². The fourth-order valence-electron chi connectivity index (χ4n) is 2.26. The zero-order valence-electron chi connectivity index (χ0n) is 11.6. The number of phenolic OH excluding ortho intramolecular Hbond substituents is 1. The molecule has 4 nitrogen and oxygen atoms in total. The molecule has 0 aliphatic rings. The fourth-order valence-corrected chi connectivity index (χ4v) is 2.26. The van der Waals surface area contributed by atoms with Crippen molar-refractivity contribution in [1.29, 1.82) is 0 Å². The lowest BCUT2D eigenvalue weighted by Gasteiger charge is -2.09. The molecule has 0 unspecified atom stereocenters. The Hall–Kier alpha value is -2.75. The number of fused-ring (bicyclic) bond motifs is 1. The van der Waals surface area contributed by atoms with Crippen LogP contribution in [0, 0.1) is 6.92 Å². The molecule has 1 heterocycles. The second kappa shape index (κ2) is 5.32. The van der Waals surface area contributed by atoms with Crippen LogP contribution in [-0.2, 0) is 6.54 Å². The second-order valence-electron chi connectivity index (χ2n) is 4.99. The van der Waals surface area contributed by atoms with E-state index in [0.29, 0.717) is 12.1 Å². The summed E-state index contributed by atoms with van der Waals surface area (Å²) in [5, 5.41) is 13.4. The molecule has 0 spiro atoms. The van der Waals surface area contributed by atoms with Gasteiger partial charge in [0.25, 0.3) is 0 Å². The second-order valence-corrected chi connectivity index (χ2v) is 4.99. The predicted molar refractivity (Wildman–Crippen MR) is 82.7 cm³/mol. The Balaban J connectivity index is 1.93. The van der Waals surface area contributed by atoms with Gasteiger partial charge in [0, 0.05) is 23.7 Å². The molecule has 0 saturated heterocycles. The summed E-state index contributed by atoms with van der Waals surface area (Å²) in [5.74, 6) is 0.224. The summed E-state index contributed by atoms with van der Waals surface area (Å²) in [4.78, 5) is 11.6. The van der Waals surface area contributed by atoms with Gasteiger partial charge in [0.1, 0.15) is 11.3 Å². The number of aromatic hydroxyl groups is 1. The zero-order valence-corrected chi connectivity index (χ0v) is 11.6. The highest BCUT2D eigenvalue weighted by Crippen LogP contribution is 2.20. The summed E-state index contributed by atoms with van der Waals surface area (Å²) in [6, 6.07) is 14.1. The van der Waals surface area contributed by atoms with Crippen LogP contribution in [0.4, 0.5) is 5.69 Å². The molecule has 3 aromatic rings. The molecule has 0 radical (unpaired) electrons.